The van der Waals surface area contributed by atoms with E-state index in [0.717, 1.165) is 27.4 Å². The second-order valence-corrected chi connectivity index (χ2v) is 6.73. The Balaban J connectivity index is 1.85. The number of aryl methyl sites for hydroxylation is 1. The van der Waals surface area contributed by atoms with E-state index in [9.17, 15) is 4.79 Å². The molecule has 4 heteroatoms. The maximum absolute atomic E-state index is 12.9. The second-order valence-electron chi connectivity index (χ2n) is 6.29. The van der Waals surface area contributed by atoms with Crippen LogP contribution in [0.1, 0.15) is 21.5 Å². The average Bonchev–Trinajstić information content (AvgIpc) is 2.63. The zero-order valence-corrected chi connectivity index (χ0v) is 15.2. The summed E-state index contributed by atoms with van der Waals surface area (Å²) in [4.78, 5) is 17.5. The molecular formula is C22H16ClNO2. The number of hydrogen-bond acceptors (Lipinski definition) is 3. The van der Waals surface area contributed by atoms with Crippen molar-refractivity contribution in [2.75, 3.05) is 0 Å². The van der Waals surface area contributed by atoms with Crippen molar-refractivity contribution < 1.29 is 9.53 Å². The molecule has 4 aromatic rings. The van der Waals surface area contributed by atoms with Crippen molar-refractivity contribution in [3.8, 4) is 5.75 Å². The van der Waals surface area contributed by atoms with Crippen LogP contribution in [-0.4, -0.2) is 11.0 Å². The van der Waals surface area contributed by atoms with Gasteiger partial charge in [0.1, 0.15) is 5.75 Å². The smallest absolute Gasteiger partial charge is 0.344 e. The predicted molar refractivity (Wildman–Crippen MR) is 105 cm³/mol. The Morgan fingerprint density at radius 2 is 1.77 bits per heavy atom. The minimum Gasteiger partial charge on any atom is -0.423 e. The summed E-state index contributed by atoms with van der Waals surface area (Å²) in [6, 6.07) is 18.8. The Hall–Kier alpha value is -2.91. The van der Waals surface area contributed by atoms with Crippen LogP contribution in [0, 0.1) is 13.8 Å². The summed E-state index contributed by atoms with van der Waals surface area (Å²) in [5.41, 5.74) is 3.95. The third-order valence-electron chi connectivity index (χ3n) is 4.58. The van der Waals surface area contributed by atoms with Gasteiger partial charge in [0.2, 0.25) is 0 Å². The quantitative estimate of drug-likeness (QED) is 0.254. The fourth-order valence-electron chi connectivity index (χ4n) is 3.00. The SMILES string of the molecule is Cc1cccc(OC(=O)c2cc(Cl)cc3nc4ccccc4cc23)c1C. The van der Waals surface area contributed by atoms with E-state index in [1.54, 1.807) is 18.2 Å². The number of hydrogen-bond donors (Lipinski definition) is 0. The number of carbonyl (C=O) groups excluding carboxylic acids is 1. The Morgan fingerprint density at radius 3 is 2.62 bits per heavy atom. The number of benzene rings is 3. The average molecular weight is 362 g/mol. The number of pyridine rings is 1. The molecule has 0 amide bonds. The van der Waals surface area contributed by atoms with Crippen LogP contribution in [0.4, 0.5) is 0 Å². The van der Waals surface area contributed by atoms with Gasteiger partial charge in [0.25, 0.3) is 0 Å². The third kappa shape index (κ3) is 2.91. The number of carbonyl (C=O) groups is 1. The highest BCUT2D eigenvalue weighted by Gasteiger charge is 2.16. The molecule has 0 saturated carbocycles. The van der Waals surface area contributed by atoms with Gasteiger partial charge in [-0.05, 0) is 55.3 Å². The van der Waals surface area contributed by atoms with E-state index >= 15 is 0 Å². The lowest BCUT2D eigenvalue weighted by atomic mass is 10.1. The minimum absolute atomic E-state index is 0.409. The molecule has 3 nitrogen and oxygen atoms in total. The number of rotatable bonds is 2. The Bertz CT molecular complexity index is 1170. The van der Waals surface area contributed by atoms with E-state index < -0.39 is 5.97 Å². The molecule has 0 unspecified atom stereocenters. The van der Waals surface area contributed by atoms with Crippen LogP contribution in [0.5, 0.6) is 5.75 Å². The number of halogens is 1. The lowest BCUT2D eigenvalue weighted by molar-refractivity contribution is 0.0735. The summed E-state index contributed by atoms with van der Waals surface area (Å²) in [5.74, 6) is 0.111. The molecule has 4 rings (SSSR count). The molecule has 0 fully saturated rings. The molecule has 1 aromatic heterocycles. The number of para-hydroxylation sites is 1. The lowest BCUT2D eigenvalue weighted by Crippen LogP contribution is -2.10. The van der Waals surface area contributed by atoms with E-state index in [1.807, 2.05) is 56.3 Å². The predicted octanol–water partition coefficient (Wildman–Crippen LogP) is 5.88. The van der Waals surface area contributed by atoms with E-state index in [2.05, 4.69) is 4.98 Å². The number of nitrogens with zero attached hydrogens (tertiary/aromatic N) is 1. The highest BCUT2D eigenvalue weighted by Crippen LogP contribution is 2.28. The summed E-state index contributed by atoms with van der Waals surface area (Å²) >= 11 is 6.23. The lowest BCUT2D eigenvalue weighted by Gasteiger charge is -2.11. The number of fused-ring (bicyclic) bond motifs is 2. The third-order valence-corrected chi connectivity index (χ3v) is 4.80. The first-order chi connectivity index (χ1) is 12.5. The first-order valence-corrected chi connectivity index (χ1v) is 8.68. The van der Waals surface area contributed by atoms with Crippen LogP contribution in [0.3, 0.4) is 0 Å². The summed E-state index contributed by atoms with van der Waals surface area (Å²) in [6.07, 6.45) is 0. The van der Waals surface area contributed by atoms with Gasteiger partial charge in [-0.25, -0.2) is 9.78 Å². The Labute approximate surface area is 156 Å². The maximum Gasteiger partial charge on any atom is 0.344 e. The van der Waals surface area contributed by atoms with Crippen molar-refractivity contribution in [2.45, 2.75) is 13.8 Å². The van der Waals surface area contributed by atoms with Crippen LogP contribution in [-0.2, 0) is 0 Å². The molecule has 3 aromatic carbocycles. The second kappa shape index (κ2) is 6.43. The van der Waals surface area contributed by atoms with Crippen LogP contribution >= 0.6 is 11.6 Å². The highest BCUT2D eigenvalue weighted by molar-refractivity contribution is 6.32. The Morgan fingerprint density at radius 1 is 0.962 bits per heavy atom. The summed E-state index contributed by atoms with van der Waals surface area (Å²) in [7, 11) is 0. The van der Waals surface area contributed by atoms with Crippen LogP contribution in [0.25, 0.3) is 21.8 Å². The molecule has 0 aliphatic heterocycles. The van der Waals surface area contributed by atoms with Gasteiger partial charge in [-0.3, -0.25) is 0 Å². The molecule has 0 spiro atoms. The Kier molecular flexibility index (Phi) is 4.09. The minimum atomic E-state index is -0.441. The molecule has 26 heavy (non-hydrogen) atoms. The van der Waals surface area contributed by atoms with Crippen molar-refractivity contribution in [3.05, 3.63) is 82.4 Å². The van der Waals surface area contributed by atoms with Crippen molar-refractivity contribution >= 4 is 39.4 Å². The van der Waals surface area contributed by atoms with Gasteiger partial charge in [-0.1, -0.05) is 41.9 Å². The van der Waals surface area contributed by atoms with E-state index in [0.29, 0.717) is 21.9 Å². The zero-order valence-electron chi connectivity index (χ0n) is 14.4. The monoisotopic (exact) mass is 361 g/mol. The van der Waals surface area contributed by atoms with Crippen molar-refractivity contribution in [1.29, 1.82) is 0 Å². The molecule has 0 radical (unpaired) electrons. The van der Waals surface area contributed by atoms with Crippen molar-refractivity contribution in [1.82, 2.24) is 4.98 Å². The van der Waals surface area contributed by atoms with Crippen LogP contribution in [0.15, 0.2) is 60.7 Å². The fraction of sp³-hybridized carbons (Fsp3) is 0.0909. The van der Waals surface area contributed by atoms with Gasteiger partial charge in [0.15, 0.2) is 0 Å². The van der Waals surface area contributed by atoms with E-state index in [-0.39, 0.29) is 0 Å². The van der Waals surface area contributed by atoms with Crippen LogP contribution in [0.2, 0.25) is 5.02 Å². The highest BCUT2D eigenvalue weighted by atomic mass is 35.5. The molecule has 0 N–H and O–H groups in total. The molecule has 0 bridgehead atoms. The van der Waals surface area contributed by atoms with E-state index in [1.165, 1.54) is 0 Å². The van der Waals surface area contributed by atoms with Gasteiger partial charge in [-0.2, -0.15) is 0 Å². The topological polar surface area (TPSA) is 39.2 Å². The number of ether oxygens (including phenoxy) is 1. The van der Waals surface area contributed by atoms with Gasteiger partial charge < -0.3 is 4.74 Å². The van der Waals surface area contributed by atoms with Gasteiger partial charge in [0.05, 0.1) is 16.6 Å². The molecule has 0 aliphatic carbocycles. The normalized spacial score (nSPS) is 11.0. The van der Waals surface area contributed by atoms with Gasteiger partial charge in [0, 0.05) is 15.8 Å². The molecule has 0 atom stereocenters. The maximum atomic E-state index is 12.9. The van der Waals surface area contributed by atoms with Crippen molar-refractivity contribution in [2.24, 2.45) is 0 Å². The summed E-state index contributed by atoms with van der Waals surface area (Å²) < 4.78 is 5.66. The standard InChI is InChI=1S/C22H16ClNO2/c1-13-6-5-9-21(14(13)2)26-22(25)18-11-16(23)12-20-17(18)10-15-7-3-4-8-19(15)24-20/h3-12H,1-2H3. The largest absolute Gasteiger partial charge is 0.423 e. The summed E-state index contributed by atoms with van der Waals surface area (Å²) in [5, 5.41) is 2.14. The van der Waals surface area contributed by atoms with E-state index in [4.69, 9.17) is 16.3 Å². The summed E-state index contributed by atoms with van der Waals surface area (Å²) in [6.45, 7) is 3.92. The molecular weight excluding hydrogens is 346 g/mol. The number of aromatic nitrogens is 1. The fourth-order valence-corrected chi connectivity index (χ4v) is 3.22. The first-order valence-electron chi connectivity index (χ1n) is 8.30. The molecule has 128 valence electrons. The van der Waals surface area contributed by atoms with Crippen LogP contribution < -0.4 is 4.74 Å². The molecule has 0 saturated heterocycles. The zero-order chi connectivity index (χ0) is 18.3. The van der Waals surface area contributed by atoms with Gasteiger partial charge >= 0.3 is 5.97 Å². The first kappa shape index (κ1) is 16.6. The molecule has 0 aliphatic rings. The van der Waals surface area contributed by atoms with Crippen molar-refractivity contribution in [3.63, 3.8) is 0 Å². The molecule has 1 heterocycles. The number of esters is 1. The van der Waals surface area contributed by atoms with Gasteiger partial charge in [-0.15, -0.1) is 0 Å².